The van der Waals surface area contributed by atoms with Gasteiger partial charge in [-0.15, -0.1) is 11.3 Å². The highest BCUT2D eigenvalue weighted by Gasteiger charge is 2.19. The quantitative estimate of drug-likeness (QED) is 0.645. The van der Waals surface area contributed by atoms with Crippen molar-refractivity contribution in [2.75, 3.05) is 33.2 Å². The number of nitrogen functional groups attached to an aromatic ring is 1. The number of nitrogens with two attached hydrogens (primary N) is 1. The Morgan fingerprint density at radius 1 is 1.37 bits per heavy atom. The number of aromatic nitrogens is 1. The van der Waals surface area contributed by atoms with Gasteiger partial charge in [0.15, 0.2) is 0 Å². The van der Waals surface area contributed by atoms with Crippen LogP contribution in [-0.2, 0) is 6.54 Å². The maximum absolute atomic E-state index is 7.66. The van der Waals surface area contributed by atoms with Gasteiger partial charge in [0.25, 0.3) is 0 Å². The Bertz CT molecular complexity index is 446. The van der Waals surface area contributed by atoms with E-state index < -0.39 is 0 Å². The Kier molecular flexibility index (Phi) is 4.54. The Morgan fingerprint density at radius 2 is 2.00 bits per heavy atom. The number of nitrogens with one attached hydrogen (secondary N) is 1. The molecule has 1 saturated heterocycles. The average molecular weight is 281 g/mol. The van der Waals surface area contributed by atoms with E-state index in [1.165, 1.54) is 0 Å². The first kappa shape index (κ1) is 14.4. The molecule has 0 unspecified atom stereocenters. The molecule has 1 aliphatic rings. The van der Waals surface area contributed by atoms with E-state index in [9.17, 15) is 0 Å². The molecule has 106 valence electrons. The third-order valence-corrected chi connectivity index (χ3v) is 4.53. The van der Waals surface area contributed by atoms with Crippen LogP contribution in [0.3, 0.4) is 0 Å². The minimum atomic E-state index is 0.144. The number of hydrogen-bond donors (Lipinski definition) is 2. The summed E-state index contributed by atoms with van der Waals surface area (Å²) in [5.74, 6) is 0.460. The summed E-state index contributed by atoms with van der Waals surface area (Å²) in [4.78, 5) is 10.3. The van der Waals surface area contributed by atoms with Crippen LogP contribution in [0.2, 0.25) is 0 Å². The lowest BCUT2D eigenvalue weighted by atomic mass is 10.1. The Hall–Kier alpha value is -0.980. The van der Waals surface area contributed by atoms with Crippen LogP contribution < -0.4 is 5.73 Å². The fourth-order valence-corrected chi connectivity index (χ4v) is 3.35. The number of rotatable bonds is 4. The highest BCUT2D eigenvalue weighted by atomic mass is 32.1. The first-order valence-corrected chi connectivity index (χ1v) is 7.54. The van der Waals surface area contributed by atoms with E-state index in [4.69, 9.17) is 11.1 Å². The topological polar surface area (TPSA) is 69.2 Å². The third kappa shape index (κ3) is 3.52. The van der Waals surface area contributed by atoms with Crippen LogP contribution in [0, 0.1) is 5.41 Å². The number of nitrogens with zero attached hydrogens (tertiary/aromatic N) is 3. The second-order valence-corrected chi connectivity index (χ2v) is 6.55. The van der Waals surface area contributed by atoms with Crippen molar-refractivity contribution >= 4 is 17.2 Å². The van der Waals surface area contributed by atoms with E-state index in [1.807, 2.05) is 0 Å². The van der Waals surface area contributed by atoms with E-state index in [1.54, 1.807) is 11.3 Å². The number of hydrogen-bond acceptors (Lipinski definition) is 5. The van der Waals surface area contributed by atoms with Crippen LogP contribution in [0.4, 0.5) is 0 Å². The van der Waals surface area contributed by atoms with Crippen molar-refractivity contribution in [3.05, 3.63) is 15.6 Å². The Labute approximate surface area is 118 Å². The van der Waals surface area contributed by atoms with Gasteiger partial charge in [0.2, 0.25) is 0 Å². The molecule has 1 fully saturated rings. The molecule has 6 heteroatoms. The molecule has 0 aromatic carbocycles. The van der Waals surface area contributed by atoms with Gasteiger partial charge in [0.1, 0.15) is 10.8 Å². The van der Waals surface area contributed by atoms with Crippen molar-refractivity contribution in [1.82, 2.24) is 14.8 Å². The summed E-state index contributed by atoms with van der Waals surface area (Å²) >= 11 is 1.57. The molecule has 0 amide bonds. The molecule has 2 heterocycles. The van der Waals surface area contributed by atoms with Crippen LogP contribution in [0.1, 0.15) is 35.3 Å². The lowest BCUT2D eigenvalue weighted by Gasteiger charge is -2.31. The van der Waals surface area contributed by atoms with Crippen molar-refractivity contribution in [2.45, 2.75) is 26.3 Å². The largest absolute Gasteiger partial charge is 0.383 e. The summed E-state index contributed by atoms with van der Waals surface area (Å²) in [5.41, 5.74) is 6.62. The number of piperazine rings is 1. The van der Waals surface area contributed by atoms with Gasteiger partial charge in [-0.25, -0.2) is 4.98 Å². The fourth-order valence-electron chi connectivity index (χ4n) is 2.23. The van der Waals surface area contributed by atoms with E-state index in [0.717, 1.165) is 48.3 Å². The van der Waals surface area contributed by atoms with Crippen molar-refractivity contribution in [1.29, 1.82) is 5.41 Å². The van der Waals surface area contributed by atoms with Gasteiger partial charge in [-0.1, -0.05) is 13.8 Å². The molecule has 1 aromatic rings. The normalized spacial score (nSPS) is 18.1. The zero-order valence-electron chi connectivity index (χ0n) is 11.9. The molecule has 3 N–H and O–H groups in total. The maximum atomic E-state index is 7.66. The molecule has 0 bridgehead atoms. The monoisotopic (exact) mass is 281 g/mol. The molecule has 1 aliphatic heterocycles. The standard InChI is InChI=1S/C13H23N5S/c1-9(2)11-12(13(14)15)19-10(16-11)8-18-6-4-17(3)5-7-18/h9H,4-8H2,1-3H3,(H3,14,15). The predicted octanol–water partition coefficient (Wildman–Crippen LogP) is 1.30. The average Bonchev–Trinajstić information content (AvgIpc) is 2.76. The summed E-state index contributed by atoms with van der Waals surface area (Å²) in [5, 5.41) is 8.74. The molecule has 19 heavy (non-hydrogen) atoms. The summed E-state index contributed by atoms with van der Waals surface area (Å²) in [6.07, 6.45) is 0. The van der Waals surface area contributed by atoms with Gasteiger partial charge in [-0.2, -0.15) is 0 Å². The van der Waals surface area contributed by atoms with E-state index in [0.29, 0.717) is 5.92 Å². The molecule has 0 saturated carbocycles. The van der Waals surface area contributed by atoms with E-state index in [2.05, 4.69) is 35.7 Å². The van der Waals surface area contributed by atoms with Crippen LogP contribution in [0.15, 0.2) is 0 Å². The van der Waals surface area contributed by atoms with Crippen LogP contribution in [0.25, 0.3) is 0 Å². The summed E-state index contributed by atoms with van der Waals surface area (Å²) in [6.45, 7) is 9.47. The number of thiazole rings is 1. The molecular formula is C13H23N5S. The zero-order valence-corrected chi connectivity index (χ0v) is 12.8. The zero-order chi connectivity index (χ0) is 14.0. The lowest BCUT2D eigenvalue weighted by molar-refractivity contribution is 0.148. The van der Waals surface area contributed by atoms with E-state index in [-0.39, 0.29) is 5.84 Å². The third-order valence-electron chi connectivity index (χ3n) is 3.44. The lowest BCUT2D eigenvalue weighted by Crippen LogP contribution is -2.43. The summed E-state index contributed by atoms with van der Waals surface area (Å²) in [7, 11) is 2.16. The van der Waals surface area contributed by atoms with Gasteiger partial charge < -0.3 is 10.6 Å². The summed E-state index contributed by atoms with van der Waals surface area (Å²) in [6, 6.07) is 0. The van der Waals surface area contributed by atoms with Gasteiger partial charge >= 0.3 is 0 Å². The van der Waals surface area contributed by atoms with Gasteiger partial charge in [0, 0.05) is 26.2 Å². The maximum Gasteiger partial charge on any atom is 0.135 e. The molecule has 0 spiro atoms. The first-order chi connectivity index (χ1) is 8.97. The minimum Gasteiger partial charge on any atom is -0.383 e. The minimum absolute atomic E-state index is 0.144. The Balaban J connectivity index is 2.08. The second kappa shape index (κ2) is 5.98. The first-order valence-electron chi connectivity index (χ1n) is 6.72. The molecule has 0 radical (unpaired) electrons. The van der Waals surface area contributed by atoms with E-state index >= 15 is 0 Å². The van der Waals surface area contributed by atoms with Crippen molar-refractivity contribution in [2.24, 2.45) is 5.73 Å². The fraction of sp³-hybridized carbons (Fsp3) is 0.692. The highest BCUT2D eigenvalue weighted by Crippen LogP contribution is 2.25. The van der Waals surface area contributed by atoms with Crippen molar-refractivity contribution in [3.63, 3.8) is 0 Å². The number of amidine groups is 1. The molecular weight excluding hydrogens is 258 g/mol. The molecule has 1 aromatic heterocycles. The van der Waals surface area contributed by atoms with Gasteiger partial charge in [-0.3, -0.25) is 10.3 Å². The Morgan fingerprint density at radius 3 is 2.47 bits per heavy atom. The molecule has 5 nitrogen and oxygen atoms in total. The molecule has 2 rings (SSSR count). The SMILES string of the molecule is CC(C)c1nc(CN2CCN(C)CC2)sc1C(=N)N. The smallest absolute Gasteiger partial charge is 0.135 e. The van der Waals surface area contributed by atoms with Gasteiger partial charge in [0.05, 0.1) is 17.1 Å². The van der Waals surface area contributed by atoms with Crippen LogP contribution in [0.5, 0.6) is 0 Å². The van der Waals surface area contributed by atoms with Crippen LogP contribution in [-0.4, -0.2) is 53.8 Å². The highest BCUT2D eigenvalue weighted by molar-refractivity contribution is 7.13. The van der Waals surface area contributed by atoms with Crippen LogP contribution >= 0.6 is 11.3 Å². The van der Waals surface area contributed by atoms with Gasteiger partial charge in [-0.05, 0) is 13.0 Å². The number of likely N-dealkylation sites (N-methyl/N-ethyl adjacent to an activating group) is 1. The molecule has 0 atom stereocenters. The molecule has 0 aliphatic carbocycles. The van der Waals surface area contributed by atoms with Crippen molar-refractivity contribution in [3.8, 4) is 0 Å². The predicted molar refractivity (Wildman–Crippen MR) is 80.0 cm³/mol. The van der Waals surface area contributed by atoms with Crippen molar-refractivity contribution < 1.29 is 0 Å². The summed E-state index contributed by atoms with van der Waals surface area (Å²) < 4.78 is 0. The second-order valence-electron chi connectivity index (χ2n) is 5.47.